The highest BCUT2D eigenvalue weighted by Crippen LogP contribution is 2.33. The Hall–Kier alpha value is -5.84. The fourth-order valence-electron chi connectivity index (χ4n) is 4.49. The van der Waals surface area contributed by atoms with Crippen molar-refractivity contribution < 1.29 is 28.5 Å². The van der Waals surface area contributed by atoms with Gasteiger partial charge in [-0.05, 0) is 50.1 Å². The van der Waals surface area contributed by atoms with E-state index in [1.54, 1.807) is 39.1 Å². The average molecular weight is 621 g/mol. The maximum absolute atomic E-state index is 14.0. The molecule has 0 fully saturated rings. The summed E-state index contributed by atoms with van der Waals surface area (Å²) < 4.78 is 23.8. The lowest BCUT2D eigenvalue weighted by Crippen LogP contribution is -2.33. The number of rotatable bonds is 10. The van der Waals surface area contributed by atoms with E-state index in [1.165, 1.54) is 29.4 Å². The molecule has 3 aromatic heterocycles. The number of benzene rings is 2. The standard InChI is InChI=1S/C35H32N4O7/c1-35(2,3)46-33(41)28-17-27(31-30(15-10-16-38-31)43-20-24-11-6-4-7-12-24)29(39(32(28)40)26-18-36-23-37-19-26)22-45-34(42)44-21-25-13-8-5-9-14-25/h4-19,23H,20-22H2,1-3H3. The number of aromatic nitrogens is 4. The number of pyridine rings is 2. The number of hydrogen-bond acceptors (Lipinski definition) is 10. The molecule has 234 valence electrons. The van der Waals surface area contributed by atoms with Gasteiger partial charge in [0.15, 0.2) is 0 Å². The summed E-state index contributed by atoms with van der Waals surface area (Å²) in [5.74, 6) is -0.481. The highest BCUT2D eigenvalue weighted by molar-refractivity contribution is 5.91. The van der Waals surface area contributed by atoms with Gasteiger partial charge in [0.05, 0.1) is 23.8 Å². The summed E-state index contributed by atoms with van der Waals surface area (Å²) in [7, 11) is 0. The summed E-state index contributed by atoms with van der Waals surface area (Å²) in [4.78, 5) is 52.9. The minimum absolute atomic E-state index is 0.0127. The van der Waals surface area contributed by atoms with Gasteiger partial charge in [-0.3, -0.25) is 14.3 Å². The van der Waals surface area contributed by atoms with Crippen LogP contribution in [-0.2, 0) is 34.0 Å². The van der Waals surface area contributed by atoms with E-state index in [9.17, 15) is 14.4 Å². The zero-order valence-electron chi connectivity index (χ0n) is 25.6. The van der Waals surface area contributed by atoms with Crippen LogP contribution in [0.15, 0.2) is 109 Å². The van der Waals surface area contributed by atoms with Gasteiger partial charge < -0.3 is 18.9 Å². The molecule has 2 aromatic carbocycles. The molecule has 46 heavy (non-hydrogen) atoms. The number of ether oxygens (including phenoxy) is 4. The quantitative estimate of drug-likeness (QED) is 0.169. The van der Waals surface area contributed by atoms with Crippen LogP contribution in [0.3, 0.4) is 0 Å². The Bertz CT molecular complexity index is 1860. The Labute approximate surface area is 265 Å². The van der Waals surface area contributed by atoms with Crippen molar-refractivity contribution in [2.24, 2.45) is 0 Å². The first-order chi connectivity index (χ1) is 22.2. The summed E-state index contributed by atoms with van der Waals surface area (Å²) in [5.41, 5.74) is 0.773. The van der Waals surface area contributed by atoms with Crippen LogP contribution in [0.25, 0.3) is 16.9 Å². The predicted molar refractivity (Wildman–Crippen MR) is 168 cm³/mol. The van der Waals surface area contributed by atoms with Crippen molar-refractivity contribution in [2.45, 2.75) is 46.2 Å². The van der Waals surface area contributed by atoms with Gasteiger partial charge in [-0.15, -0.1) is 0 Å². The fraction of sp³-hybridized carbons (Fsp3) is 0.200. The number of carbonyl (C=O) groups excluding carboxylic acids is 2. The van der Waals surface area contributed by atoms with Gasteiger partial charge in [0.2, 0.25) is 0 Å². The summed E-state index contributed by atoms with van der Waals surface area (Å²) >= 11 is 0. The molecule has 0 aliphatic heterocycles. The number of nitrogens with zero attached hydrogens (tertiary/aromatic N) is 4. The van der Waals surface area contributed by atoms with Crippen LogP contribution in [0, 0.1) is 0 Å². The molecule has 0 bridgehead atoms. The Morgan fingerprint density at radius 3 is 2.09 bits per heavy atom. The second-order valence-corrected chi connectivity index (χ2v) is 11.1. The van der Waals surface area contributed by atoms with Crippen LogP contribution in [0.2, 0.25) is 0 Å². The van der Waals surface area contributed by atoms with E-state index in [4.69, 9.17) is 18.9 Å². The lowest BCUT2D eigenvalue weighted by Gasteiger charge is -2.22. The van der Waals surface area contributed by atoms with Crippen molar-refractivity contribution in [3.05, 3.63) is 137 Å². The topological polar surface area (TPSA) is 132 Å². The normalized spacial score (nSPS) is 11.0. The van der Waals surface area contributed by atoms with Gasteiger partial charge in [-0.25, -0.2) is 19.6 Å². The van der Waals surface area contributed by atoms with Gasteiger partial charge in [0.1, 0.15) is 48.8 Å². The third-order valence-corrected chi connectivity index (χ3v) is 6.52. The SMILES string of the molecule is CC(C)(C)OC(=O)c1cc(-c2ncccc2OCc2ccccc2)c(COC(=O)OCc2ccccc2)n(-c2cncnc2)c1=O. The zero-order valence-corrected chi connectivity index (χ0v) is 25.6. The van der Waals surface area contributed by atoms with Crippen LogP contribution in [-0.4, -0.2) is 37.2 Å². The summed E-state index contributed by atoms with van der Waals surface area (Å²) in [6.45, 7) is 4.88. The van der Waals surface area contributed by atoms with Crippen molar-refractivity contribution in [2.75, 3.05) is 0 Å². The molecule has 0 saturated carbocycles. The van der Waals surface area contributed by atoms with Crippen LogP contribution in [0.4, 0.5) is 4.79 Å². The van der Waals surface area contributed by atoms with Gasteiger partial charge >= 0.3 is 12.1 Å². The molecule has 5 rings (SSSR count). The molecule has 0 aliphatic carbocycles. The van der Waals surface area contributed by atoms with E-state index in [-0.39, 0.29) is 35.7 Å². The van der Waals surface area contributed by atoms with Crippen molar-refractivity contribution in [3.63, 3.8) is 0 Å². The van der Waals surface area contributed by atoms with Gasteiger partial charge in [-0.1, -0.05) is 60.7 Å². The maximum Gasteiger partial charge on any atom is 0.508 e. The summed E-state index contributed by atoms with van der Waals surface area (Å²) in [5, 5.41) is 0. The predicted octanol–water partition coefficient (Wildman–Crippen LogP) is 6.08. The Morgan fingerprint density at radius 2 is 1.43 bits per heavy atom. The molecule has 0 unspecified atom stereocenters. The van der Waals surface area contributed by atoms with Gasteiger partial charge in [0.25, 0.3) is 5.56 Å². The van der Waals surface area contributed by atoms with Crippen LogP contribution >= 0.6 is 0 Å². The minimum atomic E-state index is -0.962. The minimum Gasteiger partial charge on any atom is -0.487 e. The number of esters is 1. The lowest BCUT2D eigenvalue weighted by atomic mass is 10.0. The highest BCUT2D eigenvalue weighted by atomic mass is 16.7. The second-order valence-electron chi connectivity index (χ2n) is 11.1. The van der Waals surface area contributed by atoms with Crippen molar-refractivity contribution in [3.8, 4) is 22.7 Å². The molecule has 11 nitrogen and oxygen atoms in total. The van der Waals surface area contributed by atoms with Gasteiger partial charge in [0, 0.05) is 11.8 Å². The molecular formula is C35H32N4O7. The smallest absolute Gasteiger partial charge is 0.487 e. The first-order valence-electron chi connectivity index (χ1n) is 14.4. The monoisotopic (exact) mass is 620 g/mol. The second kappa shape index (κ2) is 14.3. The summed E-state index contributed by atoms with van der Waals surface area (Å²) in [6.07, 6.45) is 4.70. The van der Waals surface area contributed by atoms with Crippen LogP contribution in [0.5, 0.6) is 5.75 Å². The van der Waals surface area contributed by atoms with Crippen molar-refractivity contribution in [1.29, 1.82) is 0 Å². The Kier molecular flexibility index (Phi) is 9.81. The Balaban J connectivity index is 1.61. The first kappa shape index (κ1) is 31.6. The lowest BCUT2D eigenvalue weighted by molar-refractivity contribution is 0.00661. The molecule has 5 aromatic rings. The van der Waals surface area contributed by atoms with E-state index < -0.39 is 29.9 Å². The van der Waals surface area contributed by atoms with E-state index in [0.717, 1.165) is 11.1 Å². The molecular weight excluding hydrogens is 588 g/mol. The fourth-order valence-corrected chi connectivity index (χ4v) is 4.49. The maximum atomic E-state index is 14.0. The largest absolute Gasteiger partial charge is 0.508 e. The van der Waals surface area contributed by atoms with Gasteiger partial charge in [-0.2, -0.15) is 0 Å². The molecule has 0 spiro atoms. The first-order valence-corrected chi connectivity index (χ1v) is 14.4. The number of hydrogen-bond donors (Lipinski definition) is 0. The van der Waals surface area contributed by atoms with E-state index in [1.807, 2.05) is 60.7 Å². The van der Waals surface area contributed by atoms with Crippen LogP contribution < -0.4 is 10.3 Å². The molecule has 0 saturated heterocycles. The summed E-state index contributed by atoms with van der Waals surface area (Å²) in [6, 6.07) is 23.5. The average Bonchev–Trinajstić information content (AvgIpc) is 3.06. The number of carbonyl (C=O) groups is 2. The molecule has 0 radical (unpaired) electrons. The van der Waals surface area contributed by atoms with Crippen LogP contribution in [0.1, 0.15) is 48.0 Å². The van der Waals surface area contributed by atoms with Crippen molar-refractivity contribution in [1.82, 2.24) is 19.5 Å². The van der Waals surface area contributed by atoms with E-state index in [0.29, 0.717) is 11.4 Å². The van der Waals surface area contributed by atoms with Crippen molar-refractivity contribution >= 4 is 12.1 Å². The molecule has 0 aliphatic rings. The molecule has 0 N–H and O–H groups in total. The van der Waals surface area contributed by atoms with E-state index in [2.05, 4.69) is 15.0 Å². The highest BCUT2D eigenvalue weighted by Gasteiger charge is 2.28. The zero-order chi connectivity index (χ0) is 32.5. The molecule has 3 heterocycles. The Morgan fingerprint density at radius 1 is 0.804 bits per heavy atom. The molecule has 0 amide bonds. The molecule has 0 atom stereocenters. The third kappa shape index (κ3) is 8.00. The molecule has 11 heteroatoms. The van der Waals surface area contributed by atoms with E-state index >= 15 is 0 Å². The third-order valence-electron chi connectivity index (χ3n) is 6.52.